The number of nitrogens with zero attached hydrogens (tertiary/aromatic N) is 2. The van der Waals surface area contributed by atoms with Crippen LogP contribution < -0.4 is 9.47 Å². The van der Waals surface area contributed by atoms with Crippen LogP contribution in [0.2, 0.25) is 0 Å². The Bertz CT molecular complexity index is 797. The highest BCUT2D eigenvalue weighted by Crippen LogP contribution is 2.31. The van der Waals surface area contributed by atoms with E-state index in [1.807, 2.05) is 17.0 Å². The van der Waals surface area contributed by atoms with Crippen LogP contribution in [0, 0.1) is 5.82 Å². The highest BCUT2D eigenvalue weighted by Gasteiger charge is 2.24. The number of amides is 1. The Labute approximate surface area is 159 Å². The number of hydrogen-bond acceptors (Lipinski definition) is 4. The van der Waals surface area contributed by atoms with E-state index in [0.717, 1.165) is 13.0 Å². The molecule has 0 aromatic heterocycles. The molecule has 1 aliphatic rings. The van der Waals surface area contributed by atoms with Gasteiger partial charge in [-0.3, -0.25) is 9.69 Å². The quantitative estimate of drug-likeness (QED) is 0.808. The number of halogens is 1. The van der Waals surface area contributed by atoms with Gasteiger partial charge in [-0.05, 0) is 24.6 Å². The first-order valence-electron chi connectivity index (χ1n) is 9.10. The molecule has 1 saturated heterocycles. The molecule has 3 rings (SSSR count). The van der Waals surface area contributed by atoms with E-state index in [4.69, 9.17) is 9.47 Å². The van der Waals surface area contributed by atoms with Gasteiger partial charge in [0.2, 0.25) is 0 Å². The van der Waals surface area contributed by atoms with E-state index in [0.29, 0.717) is 48.8 Å². The highest BCUT2D eigenvalue weighted by molar-refractivity contribution is 5.97. The lowest BCUT2D eigenvalue weighted by Gasteiger charge is -2.23. The first-order valence-corrected chi connectivity index (χ1v) is 9.10. The van der Waals surface area contributed by atoms with E-state index in [9.17, 15) is 9.18 Å². The van der Waals surface area contributed by atoms with E-state index < -0.39 is 0 Å². The lowest BCUT2D eigenvalue weighted by molar-refractivity contribution is 0.0757. The molecule has 0 spiro atoms. The van der Waals surface area contributed by atoms with Crippen molar-refractivity contribution in [2.75, 3.05) is 40.4 Å². The number of carbonyl (C=O) groups excluding carboxylic acids is 1. The summed E-state index contributed by atoms with van der Waals surface area (Å²) in [5.74, 6) is 0.742. The fraction of sp³-hybridized carbons (Fsp3) is 0.381. The predicted molar refractivity (Wildman–Crippen MR) is 102 cm³/mol. The first kappa shape index (κ1) is 19.2. The van der Waals surface area contributed by atoms with Crippen molar-refractivity contribution in [3.05, 3.63) is 59.4 Å². The van der Waals surface area contributed by atoms with Crippen molar-refractivity contribution >= 4 is 5.91 Å². The third-order valence-corrected chi connectivity index (χ3v) is 4.86. The van der Waals surface area contributed by atoms with Crippen molar-refractivity contribution in [1.82, 2.24) is 9.80 Å². The molecule has 1 amide bonds. The average Bonchev–Trinajstić information content (AvgIpc) is 2.94. The lowest BCUT2D eigenvalue weighted by Crippen LogP contribution is -2.35. The summed E-state index contributed by atoms with van der Waals surface area (Å²) in [6, 6.07) is 12.2. The van der Waals surface area contributed by atoms with E-state index in [1.165, 1.54) is 13.2 Å². The molecule has 0 unspecified atom stereocenters. The summed E-state index contributed by atoms with van der Waals surface area (Å²) in [4.78, 5) is 17.1. The Kier molecular flexibility index (Phi) is 6.29. The number of hydrogen-bond donors (Lipinski definition) is 0. The number of benzene rings is 2. The van der Waals surface area contributed by atoms with Crippen molar-refractivity contribution in [2.45, 2.75) is 13.0 Å². The fourth-order valence-electron chi connectivity index (χ4n) is 3.43. The lowest BCUT2D eigenvalue weighted by atomic mass is 10.1. The maximum Gasteiger partial charge on any atom is 0.257 e. The Hall–Kier alpha value is -2.60. The van der Waals surface area contributed by atoms with Crippen molar-refractivity contribution in [1.29, 1.82) is 0 Å². The van der Waals surface area contributed by atoms with Crippen LogP contribution in [0.3, 0.4) is 0 Å². The minimum Gasteiger partial charge on any atom is -0.493 e. The average molecular weight is 372 g/mol. The molecule has 1 fully saturated rings. The second-order valence-corrected chi connectivity index (χ2v) is 6.55. The second kappa shape index (κ2) is 8.86. The van der Waals surface area contributed by atoms with Crippen molar-refractivity contribution < 1.29 is 18.7 Å². The van der Waals surface area contributed by atoms with E-state index in [2.05, 4.69) is 4.90 Å². The van der Waals surface area contributed by atoms with Crippen LogP contribution in [-0.2, 0) is 6.54 Å². The van der Waals surface area contributed by atoms with Crippen molar-refractivity contribution in [3.63, 3.8) is 0 Å². The summed E-state index contributed by atoms with van der Waals surface area (Å²) < 4.78 is 24.6. The van der Waals surface area contributed by atoms with E-state index in [1.54, 1.807) is 31.4 Å². The largest absolute Gasteiger partial charge is 0.493 e. The standard InChI is InChI=1S/C21H25FN2O3/c1-26-19-10-5-8-17(20(19)27-2)21(25)24-12-6-11-23(13-14-24)15-16-7-3-4-9-18(16)22/h3-5,7-10H,6,11-15H2,1-2H3. The monoisotopic (exact) mass is 372 g/mol. The maximum atomic E-state index is 13.9. The molecule has 5 nitrogen and oxygen atoms in total. The Morgan fingerprint density at radius 1 is 1.00 bits per heavy atom. The summed E-state index contributed by atoms with van der Waals surface area (Å²) in [6.45, 7) is 3.33. The molecule has 144 valence electrons. The molecule has 1 aliphatic heterocycles. The van der Waals surface area contributed by atoms with Crippen LogP contribution in [-0.4, -0.2) is 56.1 Å². The van der Waals surface area contributed by atoms with Crippen molar-refractivity contribution in [2.24, 2.45) is 0 Å². The normalized spacial score (nSPS) is 15.3. The molecule has 2 aromatic carbocycles. The zero-order chi connectivity index (χ0) is 19.2. The number of ether oxygens (including phenoxy) is 2. The van der Waals surface area contributed by atoms with Gasteiger partial charge in [0.1, 0.15) is 5.82 Å². The summed E-state index contributed by atoms with van der Waals surface area (Å²) in [5, 5.41) is 0. The Morgan fingerprint density at radius 3 is 2.56 bits per heavy atom. The molecular formula is C21H25FN2O3. The van der Waals surface area contributed by atoms with Gasteiger partial charge in [-0.2, -0.15) is 0 Å². The number of methoxy groups -OCH3 is 2. The summed E-state index contributed by atoms with van der Waals surface area (Å²) in [5.41, 5.74) is 1.19. The number of carbonyl (C=O) groups is 1. The molecule has 0 atom stereocenters. The van der Waals surface area contributed by atoms with E-state index >= 15 is 0 Å². The van der Waals surface area contributed by atoms with Crippen LogP contribution in [0.5, 0.6) is 11.5 Å². The minimum atomic E-state index is -0.184. The molecule has 0 bridgehead atoms. The van der Waals surface area contributed by atoms with Gasteiger partial charge < -0.3 is 14.4 Å². The predicted octanol–water partition coefficient (Wildman–Crippen LogP) is 3.19. The van der Waals surface area contributed by atoms with Crippen LogP contribution in [0.1, 0.15) is 22.3 Å². The smallest absolute Gasteiger partial charge is 0.257 e. The van der Waals surface area contributed by atoms with Gasteiger partial charge >= 0.3 is 0 Å². The maximum absolute atomic E-state index is 13.9. The summed E-state index contributed by atoms with van der Waals surface area (Å²) in [6.07, 6.45) is 0.840. The topological polar surface area (TPSA) is 42.0 Å². The van der Waals surface area contributed by atoms with Crippen LogP contribution in [0.25, 0.3) is 0 Å². The molecule has 0 N–H and O–H groups in total. The van der Waals surface area contributed by atoms with Gasteiger partial charge in [0.15, 0.2) is 11.5 Å². The SMILES string of the molecule is COc1cccc(C(=O)N2CCCN(Cc3ccccc3F)CC2)c1OC. The second-order valence-electron chi connectivity index (χ2n) is 6.55. The molecule has 2 aromatic rings. The van der Waals surface area contributed by atoms with Crippen LogP contribution in [0.4, 0.5) is 4.39 Å². The molecule has 1 heterocycles. The van der Waals surface area contributed by atoms with Gasteiger partial charge in [-0.15, -0.1) is 0 Å². The molecule has 27 heavy (non-hydrogen) atoms. The Balaban J connectivity index is 1.69. The van der Waals surface area contributed by atoms with Crippen molar-refractivity contribution in [3.8, 4) is 11.5 Å². The molecule has 0 radical (unpaired) electrons. The summed E-state index contributed by atoms with van der Waals surface area (Å²) >= 11 is 0. The zero-order valence-corrected chi connectivity index (χ0v) is 15.8. The van der Waals surface area contributed by atoms with Gasteiger partial charge in [0, 0.05) is 38.3 Å². The van der Waals surface area contributed by atoms with Gasteiger partial charge in [0.05, 0.1) is 19.8 Å². The first-order chi connectivity index (χ1) is 13.1. The summed E-state index contributed by atoms with van der Waals surface area (Å²) in [7, 11) is 3.09. The molecule has 6 heteroatoms. The third kappa shape index (κ3) is 4.39. The fourth-order valence-corrected chi connectivity index (χ4v) is 3.43. The van der Waals surface area contributed by atoms with Crippen LogP contribution in [0.15, 0.2) is 42.5 Å². The van der Waals surface area contributed by atoms with Crippen LogP contribution >= 0.6 is 0 Å². The zero-order valence-electron chi connectivity index (χ0n) is 15.8. The highest BCUT2D eigenvalue weighted by atomic mass is 19.1. The molecule has 0 aliphatic carbocycles. The number of rotatable bonds is 5. The molecule has 0 saturated carbocycles. The Morgan fingerprint density at radius 2 is 1.81 bits per heavy atom. The van der Waals surface area contributed by atoms with E-state index in [-0.39, 0.29) is 11.7 Å². The molecular weight excluding hydrogens is 347 g/mol. The minimum absolute atomic E-state index is 0.0708. The third-order valence-electron chi connectivity index (χ3n) is 4.86. The van der Waals surface area contributed by atoms with Gasteiger partial charge in [-0.1, -0.05) is 24.3 Å². The van der Waals surface area contributed by atoms with Gasteiger partial charge in [0.25, 0.3) is 5.91 Å². The number of para-hydroxylation sites is 1. The van der Waals surface area contributed by atoms with Gasteiger partial charge in [-0.25, -0.2) is 4.39 Å².